The van der Waals surface area contributed by atoms with Gasteiger partial charge in [-0.15, -0.1) is 12.4 Å². The largest absolute Gasteiger partial charge is 0.492 e. The monoisotopic (exact) mass is 293 g/mol. The van der Waals surface area contributed by atoms with Gasteiger partial charge >= 0.3 is 5.97 Å². The molecule has 102 valence electrons. The highest BCUT2D eigenvalue weighted by atomic mass is 35.5. The van der Waals surface area contributed by atoms with Crippen LogP contribution in [0.1, 0.15) is 6.92 Å². The van der Waals surface area contributed by atoms with Gasteiger partial charge in [-0.1, -0.05) is 11.6 Å². The van der Waals surface area contributed by atoms with Gasteiger partial charge in [-0.05, 0) is 38.2 Å². The first kappa shape index (κ1) is 17.0. The maximum absolute atomic E-state index is 10.7. The fraction of sp³-hybridized carbons (Fsp3) is 0.417. The molecule has 0 saturated heterocycles. The summed E-state index contributed by atoms with van der Waals surface area (Å²) >= 11 is 5.74. The van der Waals surface area contributed by atoms with E-state index >= 15 is 0 Å². The maximum atomic E-state index is 10.7. The fourth-order valence-electron chi connectivity index (χ4n) is 1.22. The smallest absolute Gasteiger partial charge is 0.320 e. The predicted molar refractivity (Wildman–Crippen MR) is 73.9 cm³/mol. The van der Waals surface area contributed by atoms with Gasteiger partial charge in [-0.25, -0.2) is 0 Å². The second kappa shape index (κ2) is 8.19. The van der Waals surface area contributed by atoms with E-state index in [2.05, 4.69) is 0 Å². The molecule has 6 heteroatoms. The molecule has 18 heavy (non-hydrogen) atoms. The van der Waals surface area contributed by atoms with Crippen LogP contribution in [0.2, 0.25) is 5.02 Å². The number of carbonyl (C=O) groups is 1. The first-order valence-electron chi connectivity index (χ1n) is 5.32. The minimum absolute atomic E-state index is 0. The van der Waals surface area contributed by atoms with E-state index in [4.69, 9.17) is 21.4 Å². The molecule has 1 aromatic rings. The number of hydrogen-bond acceptors (Lipinski definition) is 3. The maximum Gasteiger partial charge on any atom is 0.320 e. The van der Waals surface area contributed by atoms with Gasteiger partial charge in [0.1, 0.15) is 18.4 Å². The van der Waals surface area contributed by atoms with Crippen LogP contribution in [0.3, 0.4) is 0 Å². The Morgan fingerprint density at radius 1 is 1.44 bits per heavy atom. The molecule has 0 aliphatic carbocycles. The van der Waals surface area contributed by atoms with Crippen molar-refractivity contribution in [3.05, 3.63) is 29.3 Å². The highest BCUT2D eigenvalue weighted by molar-refractivity contribution is 6.30. The Morgan fingerprint density at radius 3 is 2.50 bits per heavy atom. The fourth-order valence-corrected chi connectivity index (χ4v) is 1.35. The van der Waals surface area contributed by atoms with E-state index in [0.29, 0.717) is 18.2 Å². The normalized spacial score (nSPS) is 11.8. The summed E-state index contributed by atoms with van der Waals surface area (Å²) in [6.45, 7) is 2.64. The van der Waals surface area contributed by atoms with Gasteiger partial charge in [0, 0.05) is 11.6 Å². The zero-order chi connectivity index (χ0) is 12.8. The Labute approximate surface area is 118 Å². The molecule has 4 nitrogen and oxygen atoms in total. The van der Waals surface area contributed by atoms with Gasteiger partial charge < -0.3 is 9.84 Å². The Hall–Kier alpha value is -0.970. The van der Waals surface area contributed by atoms with Crippen molar-refractivity contribution < 1.29 is 14.6 Å². The van der Waals surface area contributed by atoms with Crippen molar-refractivity contribution >= 4 is 30.0 Å². The SMILES string of the molecule is CC(C(=O)O)N(C)CCOc1ccc(Cl)cc1.Cl. The minimum Gasteiger partial charge on any atom is -0.492 e. The van der Waals surface area contributed by atoms with Crippen molar-refractivity contribution in [2.24, 2.45) is 0 Å². The van der Waals surface area contributed by atoms with E-state index in [0.717, 1.165) is 5.75 Å². The molecule has 1 unspecified atom stereocenters. The summed E-state index contributed by atoms with van der Waals surface area (Å²) in [7, 11) is 1.75. The van der Waals surface area contributed by atoms with E-state index in [9.17, 15) is 4.79 Å². The Kier molecular flexibility index (Phi) is 7.75. The molecule has 0 fully saturated rings. The Bertz CT molecular complexity index is 370. The highest BCUT2D eigenvalue weighted by Gasteiger charge is 2.15. The van der Waals surface area contributed by atoms with Crippen molar-refractivity contribution in [1.82, 2.24) is 4.90 Å². The van der Waals surface area contributed by atoms with Crippen molar-refractivity contribution in [1.29, 1.82) is 0 Å². The van der Waals surface area contributed by atoms with Crippen LogP contribution in [0.25, 0.3) is 0 Å². The summed E-state index contributed by atoms with van der Waals surface area (Å²) in [6.07, 6.45) is 0. The zero-order valence-electron chi connectivity index (χ0n) is 10.3. The molecule has 0 aromatic heterocycles. The summed E-state index contributed by atoms with van der Waals surface area (Å²) in [6, 6.07) is 6.55. The van der Waals surface area contributed by atoms with Gasteiger partial charge in [0.15, 0.2) is 0 Å². The molecule has 0 amide bonds. The van der Waals surface area contributed by atoms with Gasteiger partial charge in [0.2, 0.25) is 0 Å². The van der Waals surface area contributed by atoms with Crippen molar-refractivity contribution in [2.45, 2.75) is 13.0 Å². The molecule has 1 N–H and O–H groups in total. The Morgan fingerprint density at radius 2 is 2.00 bits per heavy atom. The van der Waals surface area contributed by atoms with Crippen LogP contribution in [0.15, 0.2) is 24.3 Å². The molecular formula is C12H17Cl2NO3. The molecule has 0 radical (unpaired) electrons. The summed E-state index contributed by atoms with van der Waals surface area (Å²) < 4.78 is 5.47. The first-order chi connectivity index (χ1) is 8.00. The molecule has 0 saturated carbocycles. The number of nitrogens with zero attached hydrogens (tertiary/aromatic N) is 1. The second-order valence-electron chi connectivity index (χ2n) is 3.80. The van der Waals surface area contributed by atoms with E-state index in [1.807, 2.05) is 0 Å². The molecule has 0 bridgehead atoms. The van der Waals surface area contributed by atoms with Crippen LogP contribution in [0.4, 0.5) is 0 Å². The molecule has 1 aromatic carbocycles. The topological polar surface area (TPSA) is 49.8 Å². The van der Waals surface area contributed by atoms with E-state index < -0.39 is 12.0 Å². The second-order valence-corrected chi connectivity index (χ2v) is 4.23. The molecule has 0 aliphatic rings. The third kappa shape index (κ3) is 5.58. The van der Waals surface area contributed by atoms with Crippen LogP contribution < -0.4 is 4.74 Å². The predicted octanol–water partition coefficient (Wildman–Crippen LogP) is 2.55. The number of rotatable bonds is 6. The quantitative estimate of drug-likeness (QED) is 0.876. The van der Waals surface area contributed by atoms with Gasteiger partial charge in [0.25, 0.3) is 0 Å². The van der Waals surface area contributed by atoms with Gasteiger partial charge in [-0.3, -0.25) is 9.69 Å². The number of halogens is 2. The lowest BCUT2D eigenvalue weighted by Gasteiger charge is -2.20. The number of hydrogen-bond donors (Lipinski definition) is 1. The number of ether oxygens (including phenoxy) is 1. The summed E-state index contributed by atoms with van der Waals surface area (Å²) in [5, 5.41) is 9.46. The number of carboxylic acids is 1. The van der Waals surface area contributed by atoms with Crippen molar-refractivity contribution in [3.63, 3.8) is 0 Å². The third-order valence-corrected chi connectivity index (χ3v) is 2.80. The van der Waals surface area contributed by atoms with Crippen LogP contribution >= 0.6 is 24.0 Å². The lowest BCUT2D eigenvalue weighted by Crippen LogP contribution is -2.38. The van der Waals surface area contributed by atoms with Gasteiger partial charge in [-0.2, -0.15) is 0 Å². The van der Waals surface area contributed by atoms with Crippen LogP contribution in [-0.2, 0) is 4.79 Å². The van der Waals surface area contributed by atoms with E-state index in [1.54, 1.807) is 43.1 Å². The Balaban J connectivity index is 0.00000289. The van der Waals surface area contributed by atoms with Crippen molar-refractivity contribution in [3.8, 4) is 5.75 Å². The standard InChI is InChI=1S/C12H16ClNO3.ClH/c1-9(12(15)16)14(2)7-8-17-11-5-3-10(13)4-6-11;/h3-6,9H,7-8H2,1-2H3,(H,15,16);1H. The highest BCUT2D eigenvalue weighted by Crippen LogP contribution is 2.15. The first-order valence-corrected chi connectivity index (χ1v) is 5.70. The number of aliphatic carboxylic acids is 1. The lowest BCUT2D eigenvalue weighted by molar-refractivity contribution is -0.142. The molecule has 0 spiro atoms. The van der Waals surface area contributed by atoms with Crippen molar-refractivity contribution in [2.75, 3.05) is 20.2 Å². The third-order valence-electron chi connectivity index (χ3n) is 2.54. The molecule has 1 atom stereocenters. The van der Waals surface area contributed by atoms with Crippen LogP contribution in [0, 0.1) is 0 Å². The molecule has 1 rings (SSSR count). The number of carboxylic acid groups (broad SMARTS) is 1. The minimum atomic E-state index is -0.834. The van der Waals surface area contributed by atoms with Gasteiger partial charge in [0.05, 0.1) is 0 Å². The zero-order valence-corrected chi connectivity index (χ0v) is 11.9. The van der Waals surface area contributed by atoms with Crippen LogP contribution in [0.5, 0.6) is 5.75 Å². The molecule has 0 aliphatic heterocycles. The summed E-state index contributed by atoms with van der Waals surface area (Å²) in [4.78, 5) is 12.4. The molecular weight excluding hydrogens is 277 g/mol. The average molecular weight is 294 g/mol. The number of likely N-dealkylation sites (N-methyl/N-ethyl adjacent to an activating group) is 1. The lowest BCUT2D eigenvalue weighted by atomic mass is 10.3. The summed E-state index contributed by atoms with van der Waals surface area (Å²) in [5.74, 6) is -0.107. The average Bonchev–Trinajstić information content (AvgIpc) is 2.30. The van der Waals surface area contributed by atoms with E-state index in [-0.39, 0.29) is 12.4 Å². The summed E-state index contributed by atoms with van der Waals surface area (Å²) in [5.41, 5.74) is 0. The van der Waals surface area contributed by atoms with Crippen LogP contribution in [-0.4, -0.2) is 42.2 Å². The van der Waals surface area contributed by atoms with E-state index in [1.165, 1.54) is 0 Å². The molecule has 0 heterocycles. The number of benzene rings is 1.